The second-order valence-corrected chi connectivity index (χ2v) is 7.46. The smallest absolute Gasteiger partial charge is 0.191 e. The van der Waals surface area contributed by atoms with Gasteiger partial charge in [-0.15, -0.1) is 24.0 Å². The highest BCUT2D eigenvalue weighted by atomic mass is 127. The zero-order valence-corrected chi connectivity index (χ0v) is 21.7. The summed E-state index contributed by atoms with van der Waals surface area (Å²) in [5, 5.41) is 6.83. The average molecular weight is 549 g/mol. The second kappa shape index (κ2) is 17.5. The van der Waals surface area contributed by atoms with Crippen LogP contribution < -0.4 is 15.4 Å². The molecular formula is C23H41IN4O3. The molecule has 7 nitrogen and oxygen atoms in total. The van der Waals surface area contributed by atoms with Crippen LogP contribution in [-0.4, -0.2) is 77.6 Å². The molecule has 0 aromatic heterocycles. The Morgan fingerprint density at radius 3 is 2.55 bits per heavy atom. The quantitative estimate of drug-likeness (QED) is 0.161. The monoisotopic (exact) mass is 548 g/mol. The molecule has 1 aliphatic rings. The van der Waals surface area contributed by atoms with Crippen LogP contribution in [0.25, 0.3) is 0 Å². The van der Waals surface area contributed by atoms with Gasteiger partial charge in [-0.3, -0.25) is 9.89 Å². The number of rotatable bonds is 14. The molecule has 8 heteroatoms. The van der Waals surface area contributed by atoms with Crippen molar-refractivity contribution in [1.29, 1.82) is 0 Å². The van der Waals surface area contributed by atoms with E-state index in [1.165, 1.54) is 18.4 Å². The molecule has 1 aliphatic heterocycles. The van der Waals surface area contributed by atoms with Crippen molar-refractivity contribution in [3.63, 3.8) is 0 Å². The fourth-order valence-corrected chi connectivity index (χ4v) is 3.71. The van der Waals surface area contributed by atoms with Crippen LogP contribution in [0.2, 0.25) is 0 Å². The SMILES string of the molecule is CCNC(=NCC(c1ccccc1OC)N1CCCC1)NCCCCOCCOC.I. The molecule has 0 radical (unpaired) electrons. The lowest BCUT2D eigenvalue weighted by atomic mass is 10.0. The molecule has 1 aromatic rings. The molecule has 1 aromatic carbocycles. The average Bonchev–Trinajstić information content (AvgIpc) is 3.30. The summed E-state index contributed by atoms with van der Waals surface area (Å²) in [6.45, 7) is 8.83. The minimum atomic E-state index is 0. The second-order valence-electron chi connectivity index (χ2n) is 7.46. The summed E-state index contributed by atoms with van der Waals surface area (Å²) >= 11 is 0. The molecule has 2 N–H and O–H groups in total. The van der Waals surface area contributed by atoms with Gasteiger partial charge < -0.3 is 24.8 Å². The molecule has 2 rings (SSSR count). The van der Waals surface area contributed by atoms with E-state index in [1.54, 1.807) is 14.2 Å². The zero-order valence-electron chi connectivity index (χ0n) is 19.4. The normalized spacial score (nSPS) is 15.4. The number of para-hydroxylation sites is 1. The van der Waals surface area contributed by atoms with E-state index in [-0.39, 0.29) is 30.0 Å². The Labute approximate surface area is 205 Å². The first-order valence-electron chi connectivity index (χ1n) is 11.3. The number of hydrogen-bond donors (Lipinski definition) is 2. The van der Waals surface area contributed by atoms with E-state index in [2.05, 4.69) is 34.6 Å². The standard InChI is InChI=1S/C23H40N4O3.HI/c1-4-24-23(25-13-7-10-16-30-18-17-28-2)26-19-21(27-14-8-9-15-27)20-11-5-6-12-22(20)29-3;/h5-6,11-12,21H,4,7-10,13-19H2,1-3H3,(H2,24,25,26);1H. The fraction of sp³-hybridized carbons (Fsp3) is 0.696. The number of aliphatic imine (C=N–C) groups is 1. The number of benzene rings is 1. The Morgan fingerprint density at radius 1 is 1.06 bits per heavy atom. The number of ether oxygens (including phenoxy) is 3. The van der Waals surface area contributed by atoms with Crippen LogP contribution in [0.3, 0.4) is 0 Å². The molecule has 1 fully saturated rings. The number of likely N-dealkylation sites (tertiary alicyclic amines) is 1. The van der Waals surface area contributed by atoms with E-state index >= 15 is 0 Å². The van der Waals surface area contributed by atoms with Crippen LogP contribution in [0, 0.1) is 0 Å². The minimum absolute atomic E-state index is 0. The highest BCUT2D eigenvalue weighted by Crippen LogP contribution is 2.31. The first kappa shape index (κ1) is 27.9. The lowest BCUT2D eigenvalue weighted by Crippen LogP contribution is -2.39. The van der Waals surface area contributed by atoms with Crippen molar-refractivity contribution < 1.29 is 14.2 Å². The van der Waals surface area contributed by atoms with E-state index in [4.69, 9.17) is 19.2 Å². The van der Waals surface area contributed by atoms with E-state index in [1.807, 2.05) is 12.1 Å². The van der Waals surface area contributed by atoms with Crippen molar-refractivity contribution in [3.05, 3.63) is 29.8 Å². The van der Waals surface area contributed by atoms with E-state index in [0.717, 1.165) is 57.3 Å². The highest BCUT2D eigenvalue weighted by Gasteiger charge is 2.25. The first-order chi connectivity index (χ1) is 14.8. The van der Waals surface area contributed by atoms with Gasteiger partial charge in [0.25, 0.3) is 0 Å². The minimum Gasteiger partial charge on any atom is -0.496 e. The van der Waals surface area contributed by atoms with Gasteiger partial charge in [0, 0.05) is 32.4 Å². The predicted octanol–water partition coefficient (Wildman–Crippen LogP) is 3.45. The van der Waals surface area contributed by atoms with Gasteiger partial charge in [-0.2, -0.15) is 0 Å². The van der Waals surface area contributed by atoms with Gasteiger partial charge in [-0.25, -0.2) is 0 Å². The van der Waals surface area contributed by atoms with E-state index < -0.39 is 0 Å². The fourth-order valence-electron chi connectivity index (χ4n) is 3.71. The summed E-state index contributed by atoms with van der Waals surface area (Å²) in [7, 11) is 3.44. The molecular weight excluding hydrogens is 507 g/mol. The van der Waals surface area contributed by atoms with Gasteiger partial charge in [0.15, 0.2) is 5.96 Å². The summed E-state index contributed by atoms with van der Waals surface area (Å²) in [6, 6.07) is 8.55. The Bertz CT molecular complexity index is 612. The molecule has 1 heterocycles. The van der Waals surface area contributed by atoms with Crippen molar-refractivity contribution in [2.24, 2.45) is 4.99 Å². The van der Waals surface area contributed by atoms with Crippen LogP contribution in [-0.2, 0) is 9.47 Å². The summed E-state index contributed by atoms with van der Waals surface area (Å²) in [5.41, 5.74) is 1.22. The van der Waals surface area contributed by atoms with Crippen LogP contribution in [0.15, 0.2) is 29.3 Å². The molecule has 0 amide bonds. The molecule has 0 spiro atoms. The molecule has 31 heavy (non-hydrogen) atoms. The summed E-state index contributed by atoms with van der Waals surface area (Å²) in [5.74, 6) is 1.81. The summed E-state index contributed by atoms with van der Waals surface area (Å²) in [6.07, 6.45) is 4.56. The van der Waals surface area contributed by atoms with Crippen LogP contribution >= 0.6 is 24.0 Å². The Balaban J connectivity index is 0.00000480. The van der Waals surface area contributed by atoms with Gasteiger partial charge in [-0.05, 0) is 51.8 Å². The van der Waals surface area contributed by atoms with Crippen molar-refractivity contribution >= 4 is 29.9 Å². The molecule has 0 saturated carbocycles. The third-order valence-electron chi connectivity index (χ3n) is 5.29. The summed E-state index contributed by atoms with van der Waals surface area (Å²) in [4.78, 5) is 7.45. The Hall–Kier alpha value is -1.10. The maximum Gasteiger partial charge on any atom is 0.191 e. The lowest BCUT2D eigenvalue weighted by molar-refractivity contribution is 0.0689. The molecule has 1 saturated heterocycles. The number of halogens is 1. The Kier molecular flexibility index (Phi) is 15.7. The Morgan fingerprint density at radius 2 is 1.84 bits per heavy atom. The van der Waals surface area contributed by atoms with Gasteiger partial charge in [0.05, 0.1) is 32.9 Å². The highest BCUT2D eigenvalue weighted by molar-refractivity contribution is 14.0. The topological polar surface area (TPSA) is 67.4 Å². The van der Waals surface area contributed by atoms with Gasteiger partial charge in [-0.1, -0.05) is 18.2 Å². The van der Waals surface area contributed by atoms with Crippen molar-refractivity contribution in [1.82, 2.24) is 15.5 Å². The zero-order chi connectivity index (χ0) is 21.4. The number of guanidine groups is 1. The molecule has 0 bridgehead atoms. The van der Waals surface area contributed by atoms with Crippen LogP contribution in [0.1, 0.15) is 44.2 Å². The number of nitrogens with zero attached hydrogens (tertiary/aromatic N) is 2. The first-order valence-corrected chi connectivity index (χ1v) is 11.3. The molecule has 0 aliphatic carbocycles. The van der Waals surface area contributed by atoms with Gasteiger partial charge in [0.1, 0.15) is 5.75 Å². The van der Waals surface area contributed by atoms with Gasteiger partial charge in [0.2, 0.25) is 0 Å². The van der Waals surface area contributed by atoms with Crippen LogP contribution in [0.4, 0.5) is 0 Å². The number of nitrogens with one attached hydrogen (secondary N) is 2. The maximum atomic E-state index is 5.64. The van der Waals surface area contributed by atoms with Crippen molar-refractivity contribution in [2.75, 3.05) is 66.8 Å². The van der Waals surface area contributed by atoms with E-state index in [0.29, 0.717) is 19.8 Å². The van der Waals surface area contributed by atoms with Crippen LogP contribution in [0.5, 0.6) is 5.75 Å². The third kappa shape index (κ3) is 10.4. The molecule has 1 atom stereocenters. The van der Waals surface area contributed by atoms with Crippen molar-refractivity contribution in [3.8, 4) is 5.75 Å². The number of unbranched alkanes of at least 4 members (excludes halogenated alkanes) is 1. The maximum absolute atomic E-state index is 5.64. The summed E-state index contributed by atoms with van der Waals surface area (Å²) < 4.78 is 16.1. The lowest BCUT2D eigenvalue weighted by Gasteiger charge is -2.28. The molecule has 178 valence electrons. The molecule has 1 unspecified atom stereocenters. The van der Waals surface area contributed by atoms with Crippen molar-refractivity contribution in [2.45, 2.75) is 38.6 Å². The third-order valence-corrected chi connectivity index (χ3v) is 5.29. The predicted molar refractivity (Wildman–Crippen MR) is 138 cm³/mol. The van der Waals surface area contributed by atoms with E-state index in [9.17, 15) is 0 Å². The largest absolute Gasteiger partial charge is 0.496 e. The van der Waals surface area contributed by atoms with Gasteiger partial charge >= 0.3 is 0 Å². The number of hydrogen-bond acceptors (Lipinski definition) is 5. The number of methoxy groups -OCH3 is 2.